The number of anilines is 1. The second kappa shape index (κ2) is 8.58. The van der Waals surface area contributed by atoms with Crippen molar-refractivity contribution < 1.29 is 14.3 Å². The van der Waals surface area contributed by atoms with Gasteiger partial charge in [0.15, 0.2) is 5.75 Å². The number of fused-ring (bicyclic) bond motifs is 1. The SMILES string of the molecule is O=C(CNC(=O)c1ccc2sccc2c1)Nc1ccccc1Oc1ccccc1. The number of ether oxygens (including phenoxy) is 1. The van der Waals surface area contributed by atoms with Crippen molar-refractivity contribution >= 4 is 38.9 Å². The van der Waals surface area contributed by atoms with Crippen LogP contribution < -0.4 is 15.4 Å². The summed E-state index contributed by atoms with van der Waals surface area (Å²) in [4.78, 5) is 24.7. The van der Waals surface area contributed by atoms with Crippen LogP contribution in [0.3, 0.4) is 0 Å². The zero-order chi connectivity index (χ0) is 20.1. The number of amides is 2. The Bertz CT molecular complexity index is 1150. The number of benzene rings is 3. The van der Waals surface area contributed by atoms with E-state index in [4.69, 9.17) is 4.74 Å². The van der Waals surface area contributed by atoms with Crippen molar-refractivity contribution in [3.8, 4) is 11.5 Å². The summed E-state index contributed by atoms with van der Waals surface area (Å²) in [6.07, 6.45) is 0. The summed E-state index contributed by atoms with van der Waals surface area (Å²) in [6, 6.07) is 23.9. The second-order valence-electron chi connectivity index (χ2n) is 6.32. The standard InChI is InChI=1S/C23H18N2O3S/c26-22(15-24-23(27)17-10-11-21-16(14-17)12-13-29-21)25-19-8-4-5-9-20(19)28-18-6-2-1-3-7-18/h1-14H,15H2,(H,24,27)(H,25,26). The molecule has 0 saturated carbocycles. The van der Waals surface area contributed by atoms with Gasteiger partial charge in [0.1, 0.15) is 5.75 Å². The van der Waals surface area contributed by atoms with Crippen LogP contribution in [0.4, 0.5) is 5.69 Å². The first-order valence-electron chi connectivity index (χ1n) is 9.06. The third-order valence-corrected chi connectivity index (χ3v) is 5.15. The topological polar surface area (TPSA) is 67.4 Å². The third-order valence-electron chi connectivity index (χ3n) is 4.26. The molecule has 0 fully saturated rings. The summed E-state index contributed by atoms with van der Waals surface area (Å²) in [6.45, 7) is -0.139. The summed E-state index contributed by atoms with van der Waals surface area (Å²) in [5.74, 6) is 0.578. The lowest BCUT2D eigenvalue weighted by Gasteiger charge is -2.12. The van der Waals surface area contributed by atoms with E-state index in [0.29, 0.717) is 22.7 Å². The molecule has 4 rings (SSSR count). The van der Waals surface area contributed by atoms with Gasteiger partial charge in [0.2, 0.25) is 5.91 Å². The fraction of sp³-hybridized carbons (Fsp3) is 0.0435. The molecule has 0 bridgehead atoms. The number of para-hydroxylation sites is 3. The zero-order valence-corrected chi connectivity index (χ0v) is 16.2. The normalized spacial score (nSPS) is 10.5. The highest BCUT2D eigenvalue weighted by Gasteiger charge is 2.11. The minimum Gasteiger partial charge on any atom is -0.455 e. The van der Waals surface area contributed by atoms with Crippen LogP contribution in [0, 0.1) is 0 Å². The quantitative estimate of drug-likeness (QED) is 0.474. The monoisotopic (exact) mass is 402 g/mol. The van der Waals surface area contributed by atoms with Gasteiger partial charge in [-0.15, -0.1) is 11.3 Å². The molecule has 6 heteroatoms. The molecule has 0 aliphatic heterocycles. The lowest BCUT2D eigenvalue weighted by Crippen LogP contribution is -2.32. The van der Waals surface area contributed by atoms with Gasteiger partial charge in [-0.3, -0.25) is 9.59 Å². The molecule has 0 atom stereocenters. The van der Waals surface area contributed by atoms with Gasteiger partial charge in [-0.25, -0.2) is 0 Å². The summed E-state index contributed by atoms with van der Waals surface area (Å²) in [7, 11) is 0. The Morgan fingerprint density at radius 3 is 2.55 bits per heavy atom. The third kappa shape index (κ3) is 4.62. The molecule has 0 radical (unpaired) electrons. The molecule has 0 spiro atoms. The molecular weight excluding hydrogens is 384 g/mol. The number of hydrogen-bond acceptors (Lipinski definition) is 4. The van der Waals surface area contributed by atoms with Crippen LogP contribution in [0.15, 0.2) is 84.2 Å². The number of thiophene rings is 1. The van der Waals surface area contributed by atoms with Crippen molar-refractivity contribution in [1.82, 2.24) is 5.32 Å². The van der Waals surface area contributed by atoms with Crippen molar-refractivity contribution in [1.29, 1.82) is 0 Å². The highest BCUT2D eigenvalue weighted by molar-refractivity contribution is 7.17. The van der Waals surface area contributed by atoms with Crippen LogP contribution in [-0.2, 0) is 4.79 Å². The maximum absolute atomic E-state index is 12.4. The van der Waals surface area contributed by atoms with Gasteiger partial charge in [-0.1, -0.05) is 30.3 Å². The van der Waals surface area contributed by atoms with Gasteiger partial charge in [0, 0.05) is 10.3 Å². The number of hydrogen-bond donors (Lipinski definition) is 2. The van der Waals surface area contributed by atoms with Crippen LogP contribution in [0.25, 0.3) is 10.1 Å². The largest absolute Gasteiger partial charge is 0.455 e. The van der Waals surface area contributed by atoms with Crippen molar-refractivity contribution in [2.24, 2.45) is 0 Å². The number of carbonyl (C=O) groups is 2. The molecule has 2 amide bonds. The van der Waals surface area contributed by atoms with E-state index in [2.05, 4.69) is 10.6 Å². The zero-order valence-electron chi connectivity index (χ0n) is 15.4. The van der Waals surface area contributed by atoms with Crippen molar-refractivity contribution in [3.63, 3.8) is 0 Å². The first-order valence-corrected chi connectivity index (χ1v) is 9.94. The van der Waals surface area contributed by atoms with E-state index < -0.39 is 0 Å². The number of rotatable bonds is 6. The molecule has 3 aromatic carbocycles. The van der Waals surface area contributed by atoms with E-state index in [1.807, 2.05) is 66.0 Å². The number of nitrogens with one attached hydrogen (secondary N) is 2. The molecule has 4 aromatic rings. The van der Waals surface area contributed by atoms with Crippen molar-refractivity contribution in [2.75, 3.05) is 11.9 Å². The average molecular weight is 402 g/mol. The Morgan fingerprint density at radius 2 is 1.69 bits per heavy atom. The average Bonchev–Trinajstić information content (AvgIpc) is 3.22. The van der Waals surface area contributed by atoms with E-state index in [9.17, 15) is 9.59 Å². The Hall–Kier alpha value is -3.64. The van der Waals surface area contributed by atoms with Crippen molar-refractivity contribution in [2.45, 2.75) is 0 Å². The first-order chi connectivity index (χ1) is 14.2. The van der Waals surface area contributed by atoms with Crippen molar-refractivity contribution in [3.05, 3.63) is 89.8 Å². The van der Waals surface area contributed by atoms with Gasteiger partial charge in [0.05, 0.1) is 12.2 Å². The van der Waals surface area contributed by atoms with Gasteiger partial charge < -0.3 is 15.4 Å². The maximum atomic E-state index is 12.4. The molecule has 1 aromatic heterocycles. The molecule has 29 heavy (non-hydrogen) atoms. The Morgan fingerprint density at radius 1 is 0.897 bits per heavy atom. The molecule has 2 N–H and O–H groups in total. The first kappa shape index (κ1) is 18.7. The minimum atomic E-state index is -0.334. The molecule has 144 valence electrons. The van der Waals surface area contributed by atoms with Gasteiger partial charge in [-0.05, 0) is 59.3 Å². The molecule has 0 aliphatic rings. The van der Waals surface area contributed by atoms with Gasteiger partial charge in [-0.2, -0.15) is 0 Å². The lowest BCUT2D eigenvalue weighted by atomic mass is 10.1. The molecule has 0 unspecified atom stereocenters. The summed E-state index contributed by atoms with van der Waals surface area (Å²) < 4.78 is 6.96. The molecular formula is C23H18N2O3S. The fourth-order valence-corrected chi connectivity index (χ4v) is 3.61. The van der Waals surface area contributed by atoms with E-state index in [0.717, 1.165) is 10.1 Å². The van der Waals surface area contributed by atoms with E-state index >= 15 is 0 Å². The smallest absolute Gasteiger partial charge is 0.251 e. The van der Waals surface area contributed by atoms with E-state index in [1.54, 1.807) is 29.5 Å². The predicted octanol–water partition coefficient (Wildman–Crippen LogP) is 5.06. The Balaban J connectivity index is 1.38. The van der Waals surface area contributed by atoms with Crippen LogP contribution >= 0.6 is 11.3 Å². The van der Waals surface area contributed by atoms with Crippen LogP contribution in [0.2, 0.25) is 0 Å². The minimum absolute atomic E-state index is 0.139. The molecule has 5 nitrogen and oxygen atoms in total. The molecule has 0 aliphatic carbocycles. The second-order valence-corrected chi connectivity index (χ2v) is 7.26. The lowest BCUT2D eigenvalue weighted by molar-refractivity contribution is -0.115. The van der Waals surface area contributed by atoms with Gasteiger partial charge in [0.25, 0.3) is 5.91 Å². The fourth-order valence-electron chi connectivity index (χ4n) is 2.84. The summed E-state index contributed by atoms with van der Waals surface area (Å²) in [5, 5.41) is 8.44. The highest BCUT2D eigenvalue weighted by atomic mass is 32.1. The Labute approximate surface area is 171 Å². The summed E-state index contributed by atoms with van der Waals surface area (Å²) in [5.41, 5.74) is 1.06. The van der Waals surface area contributed by atoms with Crippen LogP contribution in [0.1, 0.15) is 10.4 Å². The van der Waals surface area contributed by atoms with Crippen LogP contribution in [-0.4, -0.2) is 18.4 Å². The van der Waals surface area contributed by atoms with E-state index in [-0.39, 0.29) is 18.4 Å². The maximum Gasteiger partial charge on any atom is 0.251 e. The summed E-state index contributed by atoms with van der Waals surface area (Å²) >= 11 is 1.62. The van der Waals surface area contributed by atoms with E-state index in [1.165, 1.54) is 0 Å². The van der Waals surface area contributed by atoms with Gasteiger partial charge >= 0.3 is 0 Å². The molecule has 0 saturated heterocycles. The number of carbonyl (C=O) groups excluding carboxylic acids is 2. The molecule has 1 heterocycles. The van der Waals surface area contributed by atoms with Crippen LogP contribution in [0.5, 0.6) is 11.5 Å². The Kier molecular flexibility index (Phi) is 5.54. The predicted molar refractivity (Wildman–Crippen MR) is 116 cm³/mol. The highest BCUT2D eigenvalue weighted by Crippen LogP contribution is 2.29.